The van der Waals surface area contributed by atoms with Crippen molar-refractivity contribution in [1.29, 1.82) is 0 Å². The van der Waals surface area contributed by atoms with Crippen molar-refractivity contribution < 1.29 is 0 Å². The molecule has 0 fully saturated rings. The number of thiophene rings is 1. The number of nitrogens with one attached hydrogen (secondary N) is 2. The van der Waals surface area contributed by atoms with Crippen molar-refractivity contribution in [2.45, 2.75) is 19.3 Å². The van der Waals surface area contributed by atoms with Gasteiger partial charge in [-0.25, -0.2) is 0 Å². The quantitative estimate of drug-likeness (QED) is 0.314. The highest BCUT2D eigenvalue weighted by Crippen LogP contribution is 2.19. The van der Waals surface area contributed by atoms with Crippen LogP contribution in [0.4, 0.5) is 0 Å². The molecular formula is C14H27IN4S. The van der Waals surface area contributed by atoms with Gasteiger partial charge in [0.15, 0.2) is 5.96 Å². The summed E-state index contributed by atoms with van der Waals surface area (Å²) in [7, 11) is 6.00. The summed E-state index contributed by atoms with van der Waals surface area (Å²) in [4.78, 5) is 7.85. The number of halogens is 1. The van der Waals surface area contributed by atoms with Gasteiger partial charge in [0.1, 0.15) is 0 Å². The summed E-state index contributed by atoms with van der Waals surface area (Å²) in [5, 5.41) is 8.84. The average Bonchev–Trinajstić information content (AvgIpc) is 2.91. The van der Waals surface area contributed by atoms with E-state index >= 15 is 0 Å². The molecule has 0 saturated heterocycles. The number of hydrogen-bond acceptors (Lipinski definition) is 3. The van der Waals surface area contributed by atoms with Gasteiger partial charge in [-0.3, -0.25) is 4.99 Å². The number of guanidine groups is 1. The topological polar surface area (TPSA) is 39.7 Å². The Balaban J connectivity index is 0.00000361. The maximum atomic E-state index is 4.24. The van der Waals surface area contributed by atoms with E-state index < -0.39 is 0 Å². The largest absolute Gasteiger partial charge is 0.356 e. The van der Waals surface area contributed by atoms with Crippen molar-refractivity contribution in [3.05, 3.63) is 22.4 Å². The first-order chi connectivity index (χ1) is 9.13. The molecule has 0 amide bonds. The summed E-state index contributed by atoms with van der Waals surface area (Å²) in [6, 6.07) is 4.29. The number of hydrogen-bond donors (Lipinski definition) is 2. The second-order valence-corrected chi connectivity index (χ2v) is 5.93. The van der Waals surface area contributed by atoms with Crippen LogP contribution >= 0.6 is 35.3 Å². The Morgan fingerprint density at radius 1 is 1.40 bits per heavy atom. The third-order valence-corrected chi connectivity index (χ3v) is 4.01. The second-order valence-electron chi connectivity index (χ2n) is 4.95. The van der Waals surface area contributed by atoms with E-state index in [1.165, 1.54) is 4.88 Å². The molecule has 116 valence electrons. The zero-order valence-electron chi connectivity index (χ0n) is 12.8. The lowest BCUT2D eigenvalue weighted by Crippen LogP contribution is -2.39. The molecule has 0 saturated carbocycles. The number of nitrogens with zero attached hydrogens (tertiary/aromatic N) is 2. The van der Waals surface area contributed by atoms with E-state index in [0.29, 0.717) is 5.92 Å². The fourth-order valence-corrected chi connectivity index (χ4v) is 2.53. The summed E-state index contributed by atoms with van der Waals surface area (Å²) in [5.74, 6) is 1.41. The molecule has 6 heteroatoms. The molecule has 0 aromatic carbocycles. The van der Waals surface area contributed by atoms with E-state index in [4.69, 9.17) is 0 Å². The Bertz CT molecular complexity index is 365. The van der Waals surface area contributed by atoms with Crippen molar-refractivity contribution in [3.63, 3.8) is 0 Å². The Morgan fingerprint density at radius 3 is 2.70 bits per heavy atom. The van der Waals surface area contributed by atoms with Gasteiger partial charge in [-0.15, -0.1) is 35.3 Å². The minimum absolute atomic E-state index is 0. The van der Waals surface area contributed by atoms with Crippen molar-refractivity contribution in [3.8, 4) is 0 Å². The molecule has 0 radical (unpaired) electrons. The van der Waals surface area contributed by atoms with Crippen LogP contribution in [-0.2, 0) is 0 Å². The van der Waals surface area contributed by atoms with Crippen LogP contribution < -0.4 is 10.6 Å². The van der Waals surface area contributed by atoms with Crippen LogP contribution in [0.25, 0.3) is 0 Å². The molecule has 1 unspecified atom stereocenters. The van der Waals surface area contributed by atoms with E-state index in [0.717, 1.165) is 32.0 Å². The van der Waals surface area contributed by atoms with Crippen LogP contribution in [0.1, 0.15) is 24.1 Å². The summed E-state index contributed by atoms with van der Waals surface area (Å²) in [6.07, 6.45) is 1.12. The van der Waals surface area contributed by atoms with Crippen LogP contribution in [0.3, 0.4) is 0 Å². The number of aliphatic imine (C=N–C) groups is 1. The first-order valence-electron chi connectivity index (χ1n) is 6.76. The summed E-state index contributed by atoms with van der Waals surface area (Å²) in [6.45, 7) is 5.19. The molecule has 0 bridgehead atoms. The van der Waals surface area contributed by atoms with Crippen molar-refractivity contribution in [1.82, 2.24) is 15.5 Å². The fraction of sp³-hybridized carbons (Fsp3) is 0.643. The van der Waals surface area contributed by atoms with Gasteiger partial charge in [0.05, 0.1) is 0 Å². The van der Waals surface area contributed by atoms with Gasteiger partial charge in [0.2, 0.25) is 0 Å². The van der Waals surface area contributed by atoms with E-state index in [1.54, 1.807) is 0 Å². The molecular weight excluding hydrogens is 383 g/mol. The highest BCUT2D eigenvalue weighted by Gasteiger charge is 2.07. The Kier molecular flexibility index (Phi) is 11.1. The monoisotopic (exact) mass is 410 g/mol. The maximum absolute atomic E-state index is 4.24. The SMILES string of the molecule is CN=C(NCCCN(C)C)NCC(C)c1cccs1.I. The van der Waals surface area contributed by atoms with Crippen LogP contribution in [0, 0.1) is 0 Å². The molecule has 1 atom stereocenters. The minimum atomic E-state index is 0. The summed E-state index contributed by atoms with van der Waals surface area (Å²) >= 11 is 1.81. The molecule has 0 aliphatic heterocycles. The van der Waals surface area contributed by atoms with Gasteiger partial charge in [-0.2, -0.15) is 0 Å². The molecule has 1 aromatic rings. The first kappa shape index (κ1) is 19.7. The van der Waals surface area contributed by atoms with Gasteiger partial charge in [0, 0.05) is 30.9 Å². The second kappa shape index (κ2) is 11.3. The molecule has 1 aromatic heterocycles. The van der Waals surface area contributed by atoms with Crippen LogP contribution in [0.2, 0.25) is 0 Å². The van der Waals surface area contributed by atoms with E-state index in [9.17, 15) is 0 Å². The van der Waals surface area contributed by atoms with Gasteiger partial charge in [-0.1, -0.05) is 13.0 Å². The van der Waals surface area contributed by atoms with Gasteiger partial charge in [-0.05, 0) is 38.5 Å². The van der Waals surface area contributed by atoms with E-state index in [1.807, 2.05) is 18.4 Å². The van der Waals surface area contributed by atoms with Gasteiger partial charge < -0.3 is 15.5 Å². The molecule has 20 heavy (non-hydrogen) atoms. The predicted octanol–water partition coefficient (Wildman–Crippen LogP) is 2.59. The lowest BCUT2D eigenvalue weighted by atomic mass is 10.1. The molecule has 1 heterocycles. The molecule has 1 rings (SSSR count). The van der Waals surface area contributed by atoms with Crippen molar-refractivity contribution >= 4 is 41.3 Å². The molecule has 0 spiro atoms. The fourth-order valence-electron chi connectivity index (χ4n) is 1.74. The lowest BCUT2D eigenvalue weighted by Gasteiger charge is -2.16. The first-order valence-corrected chi connectivity index (χ1v) is 7.64. The zero-order chi connectivity index (χ0) is 14.1. The minimum Gasteiger partial charge on any atom is -0.356 e. The maximum Gasteiger partial charge on any atom is 0.190 e. The highest BCUT2D eigenvalue weighted by atomic mass is 127. The standard InChI is InChI=1S/C14H26N4S.HI/c1-12(13-7-5-10-19-13)11-17-14(15-2)16-8-6-9-18(3)4;/h5,7,10,12H,6,8-9,11H2,1-4H3,(H2,15,16,17);1H. The Hall–Kier alpha value is -0.340. The number of rotatable bonds is 7. The van der Waals surface area contributed by atoms with Crippen LogP contribution in [-0.4, -0.2) is 51.6 Å². The third kappa shape index (κ3) is 8.06. The summed E-state index contributed by atoms with van der Waals surface area (Å²) < 4.78 is 0. The molecule has 4 nitrogen and oxygen atoms in total. The van der Waals surface area contributed by atoms with Crippen molar-refractivity contribution in [2.24, 2.45) is 4.99 Å². The lowest BCUT2D eigenvalue weighted by molar-refractivity contribution is 0.399. The third-order valence-electron chi connectivity index (χ3n) is 2.90. The van der Waals surface area contributed by atoms with Crippen LogP contribution in [0.15, 0.2) is 22.5 Å². The predicted molar refractivity (Wildman–Crippen MR) is 101 cm³/mol. The van der Waals surface area contributed by atoms with Gasteiger partial charge in [0.25, 0.3) is 0 Å². The zero-order valence-corrected chi connectivity index (χ0v) is 16.0. The van der Waals surface area contributed by atoms with E-state index in [-0.39, 0.29) is 24.0 Å². The van der Waals surface area contributed by atoms with Crippen molar-refractivity contribution in [2.75, 3.05) is 40.8 Å². The Morgan fingerprint density at radius 2 is 2.15 bits per heavy atom. The van der Waals surface area contributed by atoms with Crippen LogP contribution in [0.5, 0.6) is 0 Å². The average molecular weight is 410 g/mol. The highest BCUT2D eigenvalue weighted by molar-refractivity contribution is 14.0. The van der Waals surface area contributed by atoms with Gasteiger partial charge >= 0.3 is 0 Å². The summed E-state index contributed by atoms with van der Waals surface area (Å²) in [5.41, 5.74) is 0. The molecule has 0 aliphatic rings. The Labute approximate surface area is 144 Å². The molecule has 0 aliphatic carbocycles. The molecule has 2 N–H and O–H groups in total. The normalized spacial score (nSPS) is 12.9. The van der Waals surface area contributed by atoms with E-state index in [2.05, 4.69) is 59.1 Å². The smallest absolute Gasteiger partial charge is 0.190 e.